The number of rotatable bonds is 5. The molecule has 6 nitrogen and oxygen atoms in total. The number of hydrogen-bond donors (Lipinski definition) is 1. The Morgan fingerprint density at radius 3 is 2.42 bits per heavy atom. The van der Waals surface area contributed by atoms with Crippen LogP contribution in [-0.4, -0.2) is 41.4 Å². The number of imide groups is 1. The van der Waals surface area contributed by atoms with E-state index in [0.29, 0.717) is 5.75 Å². The van der Waals surface area contributed by atoms with Crippen LogP contribution in [-0.2, 0) is 9.59 Å². The summed E-state index contributed by atoms with van der Waals surface area (Å²) in [5, 5.41) is 8.62. The fourth-order valence-corrected chi connectivity index (χ4v) is 1.58. The van der Waals surface area contributed by atoms with E-state index >= 15 is 0 Å². The summed E-state index contributed by atoms with van der Waals surface area (Å²) in [6.07, 6.45) is -0.291. The van der Waals surface area contributed by atoms with Crippen LogP contribution in [0.15, 0.2) is 24.3 Å². The Morgan fingerprint density at radius 2 is 1.89 bits per heavy atom. The van der Waals surface area contributed by atoms with Gasteiger partial charge in [0.2, 0.25) is 5.91 Å². The molecule has 1 aromatic rings. The summed E-state index contributed by atoms with van der Waals surface area (Å²) in [5.74, 6) is -1.79. The maximum absolute atomic E-state index is 12.2. The zero-order valence-corrected chi connectivity index (χ0v) is 10.8. The van der Waals surface area contributed by atoms with Crippen LogP contribution in [0.4, 0.5) is 0 Å². The van der Waals surface area contributed by atoms with Gasteiger partial charge in [0, 0.05) is 13.5 Å². The molecule has 2 amide bonds. The van der Waals surface area contributed by atoms with Crippen molar-refractivity contribution in [3.8, 4) is 5.75 Å². The van der Waals surface area contributed by atoms with Gasteiger partial charge >= 0.3 is 5.97 Å². The number of para-hydroxylation sites is 1. The number of nitrogens with zero attached hydrogens (tertiary/aromatic N) is 1. The molecule has 1 rings (SSSR count). The van der Waals surface area contributed by atoms with Crippen molar-refractivity contribution in [3.05, 3.63) is 29.8 Å². The van der Waals surface area contributed by atoms with Crippen molar-refractivity contribution >= 4 is 17.8 Å². The summed E-state index contributed by atoms with van der Waals surface area (Å²) < 4.78 is 5.05. The van der Waals surface area contributed by atoms with Gasteiger partial charge in [0.1, 0.15) is 5.75 Å². The number of carbonyl (C=O) groups is 3. The van der Waals surface area contributed by atoms with Crippen LogP contribution < -0.4 is 4.74 Å². The number of carboxylic acids is 1. The van der Waals surface area contributed by atoms with Gasteiger partial charge in [-0.15, -0.1) is 0 Å². The van der Waals surface area contributed by atoms with Crippen LogP contribution in [0.3, 0.4) is 0 Å². The molecular weight excluding hydrogens is 250 g/mol. The normalized spacial score (nSPS) is 9.79. The lowest BCUT2D eigenvalue weighted by molar-refractivity contribution is -0.137. The zero-order chi connectivity index (χ0) is 14.4. The third-order valence-corrected chi connectivity index (χ3v) is 2.51. The number of carboxylic acid groups (broad SMARTS) is 1. The molecule has 0 spiro atoms. The Hall–Kier alpha value is -2.37. The van der Waals surface area contributed by atoms with Crippen molar-refractivity contribution in [2.45, 2.75) is 13.3 Å². The van der Waals surface area contributed by atoms with Crippen LogP contribution in [0.5, 0.6) is 5.75 Å². The van der Waals surface area contributed by atoms with E-state index in [1.165, 1.54) is 20.1 Å². The first-order chi connectivity index (χ1) is 8.97. The van der Waals surface area contributed by atoms with E-state index in [1.807, 2.05) is 0 Å². The molecule has 0 heterocycles. The van der Waals surface area contributed by atoms with Gasteiger partial charge in [-0.3, -0.25) is 19.3 Å². The molecule has 0 aliphatic heterocycles. The summed E-state index contributed by atoms with van der Waals surface area (Å²) in [6.45, 7) is 1.05. The average Bonchev–Trinajstić information content (AvgIpc) is 2.37. The van der Waals surface area contributed by atoms with Gasteiger partial charge in [0.25, 0.3) is 5.91 Å². The fraction of sp³-hybridized carbons (Fsp3) is 0.308. The SMILES string of the molecule is COc1ccccc1C(=O)N(CCC(=O)O)C(C)=O. The van der Waals surface area contributed by atoms with E-state index in [0.717, 1.165) is 4.90 Å². The minimum atomic E-state index is -1.07. The quantitative estimate of drug-likeness (QED) is 0.863. The van der Waals surface area contributed by atoms with E-state index in [-0.39, 0.29) is 18.5 Å². The number of amides is 2. The number of benzene rings is 1. The molecule has 0 saturated heterocycles. The Balaban J connectivity index is 2.99. The van der Waals surface area contributed by atoms with Crippen molar-refractivity contribution in [1.82, 2.24) is 4.90 Å². The number of carbonyl (C=O) groups excluding carboxylic acids is 2. The minimum Gasteiger partial charge on any atom is -0.496 e. The second kappa shape index (κ2) is 6.53. The molecular formula is C13H15NO5. The van der Waals surface area contributed by atoms with E-state index in [2.05, 4.69) is 0 Å². The topological polar surface area (TPSA) is 83.9 Å². The van der Waals surface area contributed by atoms with Gasteiger partial charge in [0.15, 0.2) is 0 Å². The van der Waals surface area contributed by atoms with E-state index in [1.54, 1.807) is 18.2 Å². The first kappa shape index (κ1) is 14.7. The highest BCUT2D eigenvalue weighted by Gasteiger charge is 2.23. The predicted octanol–water partition coefficient (Wildman–Crippen LogP) is 1.16. The first-order valence-electron chi connectivity index (χ1n) is 5.64. The van der Waals surface area contributed by atoms with Gasteiger partial charge in [0.05, 0.1) is 19.1 Å². The fourth-order valence-electron chi connectivity index (χ4n) is 1.58. The minimum absolute atomic E-state index is 0.165. The molecule has 0 radical (unpaired) electrons. The predicted molar refractivity (Wildman–Crippen MR) is 67.0 cm³/mol. The first-order valence-corrected chi connectivity index (χ1v) is 5.64. The average molecular weight is 265 g/mol. The van der Waals surface area contributed by atoms with Gasteiger partial charge in [-0.2, -0.15) is 0 Å². The maximum atomic E-state index is 12.2. The Kier molecular flexibility index (Phi) is 5.05. The van der Waals surface area contributed by atoms with Crippen molar-refractivity contribution in [3.63, 3.8) is 0 Å². The summed E-state index contributed by atoms with van der Waals surface area (Å²) in [4.78, 5) is 35.1. The Labute approximate surface area is 110 Å². The molecule has 0 aliphatic carbocycles. The lowest BCUT2D eigenvalue weighted by Gasteiger charge is -2.19. The molecule has 102 valence electrons. The standard InChI is InChI=1S/C13H15NO5/c1-9(15)14(8-7-12(16)17)13(18)10-5-3-4-6-11(10)19-2/h3-6H,7-8H2,1-2H3,(H,16,17). The van der Waals surface area contributed by atoms with E-state index in [4.69, 9.17) is 9.84 Å². The highest BCUT2D eigenvalue weighted by molar-refractivity contribution is 6.05. The molecule has 1 aromatic carbocycles. The van der Waals surface area contributed by atoms with E-state index < -0.39 is 17.8 Å². The molecule has 0 aromatic heterocycles. The highest BCUT2D eigenvalue weighted by Crippen LogP contribution is 2.19. The summed E-state index contributed by atoms with van der Waals surface area (Å²) >= 11 is 0. The van der Waals surface area contributed by atoms with Gasteiger partial charge in [-0.1, -0.05) is 12.1 Å². The molecule has 0 unspecified atom stereocenters. The molecule has 0 saturated carbocycles. The molecule has 0 fully saturated rings. The van der Waals surface area contributed by atoms with Crippen molar-refractivity contribution in [2.75, 3.05) is 13.7 Å². The highest BCUT2D eigenvalue weighted by atomic mass is 16.5. The van der Waals surface area contributed by atoms with Crippen LogP contribution >= 0.6 is 0 Å². The smallest absolute Gasteiger partial charge is 0.305 e. The zero-order valence-electron chi connectivity index (χ0n) is 10.8. The number of hydrogen-bond acceptors (Lipinski definition) is 4. The monoisotopic (exact) mass is 265 g/mol. The molecule has 1 N–H and O–H groups in total. The van der Waals surface area contributed by atoms with Gasteiger partial charge in [-0.25, -0.2) is 0 Å². The maximum Gasteiger partial charge on any atom is 0.305 e. The Bertz CT molecular complexity index is 498. The van der Waals surface area contributed by atoms with Crippen LogP contribution in [0.2, 0.25) is 0 Å². The molecule has 0 aliphatic rings. The third-order valence-electron chi connectivity index (χ3n) is 2.51. The summed E-state index contributed by atoms with van der Waals surface area (Å²) in [7, 11) is 1.42. The second-order valence-corrected chi connectivity index (χ2v) is 3.82. The summed E-state index contributed by atoms with van der Waals surface area (Å²) in [5.41, 5.74) is 0.227. The lowest BCUT2D eigenvalue weighted by Crippen LogP contribution is -2.37. The van der Waals surface area contributed by atoms with Crippen molar-refractivity contribution in [1.29, 1.82) is 0 Å². The number of ether oxygens (including phenoxy) is 1. The van der Waals surface area contributed by atoms with Gasteiger partial charge < -0.3 is 9.84 Å². The molecule has 19 heavy (non-hydrogen) atoms. The van der Waals surface area contributed by atoms with Crippen LogP contribution in [0.1, 0.15) is 23.7 Å². The Morgan fingerprint density at radius 1 is 1.26 bits per heavy atom. The van der Waals surface area contributed by atoms with Crippen molar-refractivity contribution in [2.24, 2.45) is 0 Å². The summed E-state index contributed by atoms with van der Waals surface area (Å²) in [6, 6.07) is 6.47. The van der Waals surface area contributed by atoms with Crippen LogP contribution in [0, 0.1) is 0 Å². The van der Waals surface area contributed by atoms with Crippen molar-refractivity contribution < 1.29 is 24.2 Å². The molecule has 6 heteroatoms. The number of methoxy groups -OCH3 is 1. The molecule has 0 bridgehead atoms. The lowest BCUT2D eigenvalue weighted by atomic mass is 10.1. The van der Waals surface area contributed by atoms with Gasteiger partial charge in [-0.05, 0) is 12.1 Å². The molecule has 0 atom stereocenters. The van der Waals surface area contributed by atoms with E-state index in [9.17, 15) is 14.4 Å². The second-order valence-electron chi connectivity index (χ2n) is 3.82. The largest absolute Gasteiger partial charge is 0.496 e. The van der Waals surface area contributed by atoms with Crippen LogP contribution in [0.25, 0.3) is 0 Å². The third kappa shape index (κ3) is 3.80. The number of aliphatic carboxylic acids is 1.